The average molecular weight is 306 g/mol. The fourth-order valence-corrected chi connectivity index (χ4v) is 2.24. The van der Waals surface area contributed by atoms with Gasteiger partial charge in [-0.3, -0.25) is 5.41 Å². The Bertz CT molecular complexity index is 240. The van der Waals surface area contributed by atoms with Gasteiger partial charge in [-0.05, 0) is 50.5 Å². The van der Waals surface area contributed by atoms with Crippen LogP contribution in [-0.2, 0) is 0 Å². The van der Waals surface area contributed by atoms with Crippen molar-refractivity contribution in [3.05, 3.63) is 9.66 Å². The summed E-state index contributed by atoms with van der Waals surface area (Å²) in [5, 5.41) is 6.97. The lowest BCUT2D eigenvalue weighted by Crippen LogP contribution is -2.05. The monoisotopic (exact) mass is 306 g/mol. The number of nitrogens with zero attached hydrogens (tertiary/aromatic N) is 1. The molecule has 80 valence electrons. The second kappa shape index (κ2) is 7.15. The zero-order valence-corrected chi connectivity index (χ0v) is 11.5. The van der Waals surface area contributed by atoms with Gasteiger partial charge in [0.25, 0.3) is 0 Å². The number of hydrogen-bond acceptors (Lipinski definition) is 1. The minimum Gasteiger partial charge on any atom is -0.290 e. The molecule has 0 radical (unpaired) electrons. The quantitative estimate of drug-likeness (QED) is 0.452. The maximum atomic E-state index is 6.97. The Kier molecular flexibility index (Phi) is 7.05. The maximum Gasteiger partial charge on any atom is 0.107 e. The molecule has 0 aromatic heterocycles. The predicted octanol–water partition coefficient (Wildman–Crippen LogP) is 4.06. The molecule has 0 atom stereocenters. The molecule has 0 aromatic carbocycles. The van der Waals surface area contributed by atoms with Crippen LogP contribution in [0, 0.1) is 17.2 Å². The van der Waals surface area contributed by atoms with Gasteiger partial charge in [0.1, 0.15) is 6.34 Å². The van der Waals surface area contributed by atoms with E-state index in [9.17, 15) is 0 Å². The zero-order chi connectivity index (χ0) is 11.1. The van der Waals surface area contributed by atoms with E-state index in [1.807, 2.05) is 0 Å². The van der Waals surface area contributed by atoms with Crippen molar-refractivity contribution in [3.63, 3.8) is 0 Å². The molecule has 0 aromatic rings. The molecule has 0 amide bonds. The second-order valence-corrected chi connectivity index (χ2v) is 5.41. The van der Waals surface area contributed by atoms with Crippen LogP contribution in [0.5, 0.6) is 0 Å². The number of aliphatic imine (C=N–C) groups is 1. The summed E-state index contributed by atoms with van der Waals surface area (Å²) < 4.78 is 1.31. The van der Waals surface area contributed by atoms with E-state index < -0.39 is 0 Å². The molecule has 0 rings (SSSR count). The lowest BCUT2D eigenvalue weighted by atomic mass is 10.1. The number of halogens is 1. The van der Waals surface area contributed by atoms with E-state index >= 15 is 0 Å². The fourth-order valence-electron chi connectivity index (χ4n) is 1.04. The first-order valence-electron chi connectivity index (χ1n) is 4.90. The van der Waals surface area contributed by atoms with E-state index in [-0.39, 0.29) is 0 Å². The summed E-state index contributed by atoms with van der Waals surface area (Å²) in [6.45, 7) is 8.60. The van der Waals surface area contributed by atoms with Crippen LogP contribution in [-0.4, -0.2) is 12.1 Å². The van der Waals surface area contributed by atoms with Crippen molar-refractivity contribution in [1.29, 1.82) is 5.41 Å². The lowest BCUT2D eigenvalue weighted by Gasteiger charge is -2.07. The third-order valence-electron chi connectivity index (χ3n) is 1.71. The van der Waals surface area contributed by atoms with Gasteiger partial charge in [-0.25, -0.2) is 4.99 Å². The molecule has 0 bridgehead atoms. The molecular weight excluding hydrogens is 287 g/mol. The summed E-state index contributed by atoms with van der Waals surface area (Å²) in [7, 11) is 0. The van der Waals surface area contributed by atoms with Crippen LogP contribution in [0.1, 0.15) is 34.1 Å². The van der Waals surface area contributed by atoms with E-state index in [4.69, 9.17) is 5.41 Å². The second-order valence-electron chi connectivity index (χ2n) is 4.03. The van der Waals surface area contributed by atoms with E-state index in [1.165, 1.54) is 3.58 Å². The molecule has 0 aliphatic heterocycles. The van der Waals surface area contributed by atoms with Crippen molar-refractivity contribution < 1.29 is 0 Å². The van der Waals surface area contributed by atoms with Gasteiger partial charge in [-0.15, -0.1) is 0 Å². The van der Waals surface area contributed by atoms with E-state index in [0.717, 1.165) is 18.5 Å². The molecule has 0 saturated carbocycles. The van der Waals surface area contributed by atoms with Crippen molar-refractivity contribution in [2.75, 3.05) is 0 Å². The predicted molar refractivity (Wildman–Crippen MR) is 72.6 cm³/mol. The Hall–Kier alpha value is -0.190. The molecule has 0 heterocycles. The number of allylic oxidation sites excluding steroid dienone is 2. The molecule has 0 spiro atoms. The summed E-state index contributed by atoms with van der Waals surface area (Å²) in [5.41, 5.74) is 0.991. The summed E-state index contributed by atoms with van der Waals surface area (Å²) in [5.74, 6) is 1.06. The zero-order valence-electron chi connectivity index (χ0n) is 9.34. The third kappa shape index (κ3) is 6.29. The van der Waals surface area contributed by atoms with Gasteiger partial charge in [0.2, 0.25) is 0 Å². The lowest BCUT2D eigenvalue weighted by molar-refractivity contribution is 0.661. The number of nitrogens with one attached hydrogen (secondary N) is 1. The van der Waals surface area contributed by atoms with Crippen molar-refractivity contribution in [2.24, 2.45) is 16.8 Å². The summed E-state index contributed by atoms with van der Waals surface area (Å²) in [6, 6.07) is 0. The number of rotatable bonds is 5. The van der Waals surface area contributed by atoms with Crippen LogP contribution in [0.25, 0.3) is 0 Å². The van der Waals surface area contributed by atoms with Crippen LogP contribution < -0.4 is 0 Å². The molecule has 3 heteroatoms. The van der Waals surface area contributed by atoms with E-state index in [1.54, 1.807) is 0 Å². The van der Waals surface area contributed by atoms with Crippen LogP contribution in [0.15, 0.2) is 14.6 Å². The Morgan fingerprint density at radius 3 is 2.29 bits per heavy atom. The Morgan fingerprint density at radius 1 is 1.36 bits per heavy atom. The average Bonchev–Trinajstić information content (AvgIpc) is 2.01. The summed E-state index contributed by atoms with van der Waals surface area (Å²) in [6.07, 6.45) is 4.30. The van der Waals surface area contributed by atoms with E-state index in [0.29, 0.717) is 11.8 Å². The van der Waals surface area contributed by atoms with Crippen LogP contribution in [0.3, 0.4) is 0 Å². The molecule has 0 aliphatic rings. The van der Waals surface area contributed by atoms with Crippen molar-refractivity contribution in [3.8, 4) is 0 Å². The van der Waals surface area contributed by atoms with Gasteiger partial charge < -0.3 is 0 Å². The Labute approximate surface area is 101 Å². The summed E-state index contributed by atoms with van der Waals surface area (Å²) >= 11 is 2.35. The van der Waals surface area contributed by atoms with Crippen LogP contribution in [0.4, 0.5) is 0 Å². The van der Waals surface area contributed by atoms with Gasteiger partial charge in [-0.1, -0.05) is 27.7 Å². The van der Waals surface area contributed by atoms with Gasteiger partial charge in [0, 0.05) is 5.71 Å². The molecule has 1 N–H and O–H groups in total. The Morgan fingerprint density at radius 2 is 1.93 bits per heavy atom. The highest BCUT2D eigenvalue weighted by molar-refractivity contribution is 14.1. The summed E-state index contributed by atoms with van der Waals surface area (Å²) in [4.78, 5) is 4.05. The fraction of sp³-hybridized carbons (Fsp3) is 0.636. The highest BCUT2D eigenvalue weighted by Crippen LogP contribution is 2.18. The SMILES string of the molecule is CC(C)C/C(I)=C/C(=NC=N)C(C)C. The molecule has 0 unspecified atom stereocenters. The third-order valence-corrected chi connectivity index (χ3v) is 2.46. The molecule has 2 nitrogen and oxygen atoms in total. The molecule has 0 fully saturated rings. The minimum atomic E-state index is 0.383. The standard InChI is InChI=1S/C11H19IN2/c1-8(2)5-10(12)6-11(9(3)4)14-7-13/h6-9,13H,5H2,1-4H3/b10-6-,13-7?,14-11?. The first kappa shape index (κ1) is 13.8. The minimum absolute atomic E-state index is 0.383. The molecule has 0 aliphatic carbocycles. The molecular formula is C11H19IN2. The topological polar surface area (TPSA) is 36.2 Å². The van der Waals surface area contributed by atoms with Gasteiger partial charge in [0.15, 0.2) is 0 Å². The molecule has 0 saturated heterocycles. The Balaban J connectivity index is 4.56. The first-order valence-corrected chi connectivity index (χ1v) is 5.98. The highest BCUT2D eigenvalue weighted by Gasteiger charge is 2.04. The normalized spacial score (nSPS) is 13.9. The van der Waals surface area contributed by atoms with Crippen LogP contribution in [0.2, 0.25) is 0 Å². The molecule has 14 heavy (non-hydrogen) atoms. The highest BCUT2D eigenvalue weighted by atomic mass is 127. The van der Waals surface area contributed by atoms with E-state index in [2.05, 4.69) is 61.4 Å². The largest absolute Gasteiger partial charge is 0.290 e. The first-order chi connectivity index (χ1) is 6.47. The van der Waals surface area contributed by atoms with Gasteiger partial charge in [0.05, 0.1) is 0 Å². The van der Waals surface area contributed by atoms with Crippen LogP contribution >= 0.6 is 22.6 Å². The van der Waals surface area contributed by atoms with Crippen molar-refractivity contribution >= 4 is 34.6 Å². The number of hydrogen-bond donors (Lipinski definition) is 1. The van der Waals surface area contributed by atoms with Gasteiger partial charge in [-0.2, -0.15) is 0 Å². The maximum absolute atomic E-state index is 6.97. The van der Waals surface area contributed by atoms with Gasteiger partial charge >= 0.3 is 0 Å². The van der Waals surface area contributed by atoms with Crippen molar-refractivity contribution in [1.82, 2.24) is 0 Å². The van der Waals surface area contributed by atoms with Crippen molar-refractivity contribution in [2.45, 2.75) is 34.1 Å². The smallest absolute Gasteiger partial charge is 0.107 e.